The normalized spacial score (nSPS) is 10.3. The molecule has 1 aromatic carbocycles. The van der Waals surface area contributed by atoms with E-state index in [-0.39, 0.29) is 0 Å². The number of carbonyl (C=O) groups is 1. The second-order valence-corrected chi connectivity index (χ2v) is 4.28. The maximum Gasteiger partial charge on any atom is 0.166 e. The highest BCUT2D eigenvalue weighted by molar-refractivity contribution is 5.83. The molecule has 18 heavy (non-hydrogen) atoms. The van der Waals surface area contributed by atoms with E-state index < -0.39 is 0 Å². The van der Waals surface area contributed by atoms with Gasteiger partial charge in [-0.25, -0.2) is 0 Å². The molecule has 0 fully saturated rings. The van der Waals surface area contributed by atoms with Crippen LogP contribution in [0.25, 0.3) is 17.3 Å². The zero-order valence-corrected chi connectivity index (χ0v) is 10.8. The molecule has 0 aliphatic rings. The highest BCUT2D eigenvalue weighted by Crippen LogP contribution is 2.30. The number of aldehydes is 1. The Morgan fingerprint density at radius 2 is 2.06 bits per heavy atom. The fourth-order valence-electron chi connectivity index (χ4n) is 2.35. The number of aromatic nitrogens is 1. The van der Waals surface area contributed by atoms with Crippen molar-refractivity contribution in [1.29, 1.82) is 0 Å². The van der Waals surface area contributed by atoms with Crippen LogP contribution in [-0.2, 0) is 6.42 Å². The van der Waals surface area contributed by atoms with Crippen LogP contribution in [0.1, 0.15) is 34.1 Å². The van der Waals surface area contributed by atoms with Gasteiger partial charge in [0.15, 0.2) is 6.29 Å². The van der Waals surface area contributed by atoms with Crippen molar-refractivity contribution in [2.75, 3.05) is 0 Å². The fraction of sp³-hybridized carbons (Fsp3) is 0.188. The first-order valence-corrected chi connectivity index (χ1v) is 6.11. The molecule has 0 bridgehead atoms. The lowest BCUT2D eigenvalue weighted by molar-refractivity contribution is 0.111. The minimum atomic E-state index is 0.667. The van der Waals surface area contributed by atoms with E-state index in [1.807, 2.05) is 31.2 Å². The molecule has 1 aromatic heterocycles. The molecule has 0 aliphatic carbocycles. The van der Waals surface area contributed by atoms with Crippen molar-refractivity contribution in [3.05, 3.63) is 53.2 Å². The molecule has 2 nitrogen and oxygen atoms in total. The van der Waals surface area contributed by atoms with Gasteiger partial charge >= 0.3 is 0 Å². The van der Waals surface area contributed by atoms with E-state index in [4.69, 9.17) is 0 Å². The van der Waals surface area contributed by atoms with Crippen molar-refractivity contribution >= 4 is 12.4 Å². The van der Waals surface area contributed by atoms with Crippen LogP contribution in [0.5, 0.6) is 0 Å². The summed E-state index contributed by atoms with van der Waals surface area (Å²) in [6.07, 6.45) is 3.62. The van der Waals surface area contributed by atoms with Gasteiger partial charge in [0.25, 0.3) is 0 Å². The summed E-state index contributed by atoms with van der Waals surface area (Å²) >= 11 is 0. The highest BCUT2D eigenvalue weighted by Gasteiger charge is 2.15. The Balaban J connectivity index is 2.70. The lowest BCUT2D eigenvalue weighted by Gasteiger charge is -2.07. The van der Waals surface area contributed by atoms with E-state index >= 15 is 0 Å². The molecule has 0 aliphatic heterocycles. The molecule has 0 atom stereocenters. The van der Waals surface area contributed by atoms with E-state index in [1.165, 1.54) is 5.56 Å². The molecule has 0 unspecified atom stereocenters. The zero-order valence-electron chi connectivity index (χ0n) is 10.8. The van der Waals surface area contributed by atoms with Crippen molar-refractivity contribution in [3.8, 4) is 11.3 Å². The minimum Gasteiger partial charge on any atom is -0.352 e. The zero-order chi connectivity index (χ0) is 13.1. The van der Waals surface area contributed by atoms with Crippen molar-refractivity contribution in [1.82, 2.24) is 4.98 Å². The molecular formula is C16H17NO. The van der Waals surface area contributed by atoms with Gasteiger partial charge in [-0.2, -0.15) is 0 Å². The standard InChI is InChI=1S/C16H17NO/c1-4-12-8-6-7-9-14(12)16-13(5-2)11(3)15(10-18)17-16/h4,6-10,17H,1,5H2,2-3H3. The minimum absolute atomic E-state index is 0.667. The van der Waals surface area contributed by atoms with Crippen LogP contribution in [0.4, 0.5) is 0 Å². The summed E-state index contributed by atoms with van der Waals surface area (Å²) < 4.78 is 0. The van der Waals surface area contributed by atoms with Crippen LogP contribution in [0.2, 0.25) is 0 Å². The number of hydrogen-bond acceptors (Lipinski definition) is 1. The van der Waals surface area contributed by atoms with Gasteiger partial charge < -0.3 is 4.98 Å². The smallest absolute Gasteiger partial charge is 0.166 e. The largest absolute Gasteiger partial charge is 0.352 e. The van der Waals surface area contributed by atoms with Gasteiger partial charge in [-0.1, -0.05) is 43.8 Å². The molecule has 1 N–H and O–H groups in total. The monoisotopic (exact) mass is 239 g/mol. The average molecular weight is 239 g/mol. The van der Waals surface area contributed by atoms with E-state index in [0.29, 0.717) is 5.69 Å². The topological polar surface area (TPSA) is 32.9 Å². The molecule has 0 amide bonds. The summed E-state index contributed by atoms with van der Waals surface area (Å²) in [4.78, 5) is 14.3. The third kappa shape index (κ3) is 1.90. The second kappa shape index (κ2) is 5.05. The predicted octanol–water partition coefficient (Wildman–Crippen LogP) is 4.01. The van der Waals surface area contributed by atoms with Gasteiger partial charge in [-0.15, -0.1) is 0 Å². The molecular weight excluding hydrogens is 222 g/mol. The number of hydrogen-bond donors (Lipinski definition) is 1. The Labute approximate surface area is 107 Å². The van der Waals surface area contributed by atoms with Gasteiger partial charge in [0.2, 0.25) is 0 Å². The summed E-state index contributed by atoms with van der Waals surface area (Å²) in [6.45, 7) is 7.93. The average Bonchev–Trinajstić information content (AvgIpc) is 2.74. The van der Waals surface area contributed by atoms with E-state index in [1.54, 1.807) is 0 Å². The molecule has 2 aromatic rings. The molecule has 0 saturated carbocycles. The summed E-state index contributed by atoms with van der Waals surface area (Å²) in [7, 11) is 0. The Morgan fingerprint density at radius 3 is 2.67 bits per heavy atom. The molecule has 92 valence electrons. The van der Waals surface area contributed by atoms with Crippen LogP contribution < -0.4 is 0 Å². The number of rotatable bonds is 4. The molecule has 2 heteroatoms. The van der Waals surface area contributed by atoms with Crippen LogP contribution in [-0.4, -0.2) is 11.3 Å². The van der Waals surface area contributed by atoms with E-state index in [2.05, 4.69) is 24.6 Å². The third-order valence-electron chi connectivity index (χ3n) is 3.34. The van der Waals surface area contributed by atoms with E-state index in [0.717, 1.165) is 35.1 Å². The summed E-state index contributed by atoms with van der Waals surface area (Å²) in [6, 6.07) is 8.07. The Morgan fingerprint density at radius 1 is 1.33 bits per heavy atom. The van der Waals surface area contributed by atoms with Crippen LogP contribution in [0, 0.1) is 6.92 Å². The predicted molar refractivity (Wildman–Crippen MR) is 75.8 cm³/mol. The number of carbonyl (C=O) groups excluding carboxylic acids is 1. The molecule has 0 radical (unpaired) electrons. The van der Waals surface area contributed by atoms with Gasteiger partial charge in [-0.3, -0.25) is 4.79 Å². The highest BCUT2D eigenvalue weighted by atomic mass is 16.1. The molecule has 1 heterocycles. The van der Waals surface area contributed by atoms with Crippen molar-refractivity contribution in [3.63, 3.8) is 0 Å². The summed E-state index contributed by atoms with van der Waals surface area (Å²) in [5.74, 6) is 0. The summed E-state index contributed by atoms with van der Waals surface area (Å²) in [5, 5.41) is 0. The van der Waals surface area contributed by atoms with Crippen molar-refractivity contribution in [2.45, 2.75) is 20.3 Å². The van der Waals surface area contributed by atoms with Crippen LogP contribution in [0.3, 0.4) is 0 Å². The first-order valence-electron chi connectivity index (χ1n) is 6.11. The Kier molecular flexibility index (Phi) is 3.47. The lowest BCUT2D eigenvalue weighted by atomic mass is 9.99. The summed E-state index contributed by atoms with van der Waals surface area (Å²) in [5.41, 5.74) is 6.12. The van der Waals surface area contributed by atoms with Gasteiger partial charge in [0.05, 0.1) is 11.4 Å². The number of nitrogens with one attached hydrogen (secondary N) is 1. The Hall–Kier alpha value is -2.09. The molecule has 0 saturated heterocycles. The van der Waals surface area contributed by atoms with E-state index in [9.17, 15) is 4.79 Å². The van der Waals surface area contributed by atoms with Crippen LogP contribution >= 0.6 is 0 Å². The van der Waals surface area contributed by atoms with Crippen molar-refractivity contribution < 1.29 is 4.79 Å². The molecule has 0 spiro atoms. The fourth-order valence-corrected chi connectivity index (χ4v) is 2.35. The maximum atomic E-state index is 11.0. The number of aromatic amines is 1. The van der Waals surface area contributed by atoms with Crippen LogP contribution in [0.15, 0.2) is 30.8 Å². The number of benzene rings is 1. The maximum absolute atomic E-state index is 11.0. The van der Waals surface area contributed by atoms with Crippen molar-refractivity contribution in [2.24, 2.45) is 0 Å². The van der Waals surface area contributed by atoms with Gasteiger partial charge in [-0.05, 0) is 30.0 Å². The first kappa shape index (κ1) is 12.4. The van der Waals surface area contributed by atoms with Gasteiger partial charge in [0, 0.05) is 5.56 Å². The third-order valence-corrected chi connectivity index (χ3v) is 3.34. The van der Waals surface area contributed by atoms with Gasteiger partial charge in [0.1, 0.15) is 0 Å². The quantitative estimate of drug-likeness (QED) is 0.803. The first-order chi connectivity index (χ1) is 8.72. The Bertz CT molecular complexity index is 593. The lowest BCUT2D eigenvalue weighted by Crippen LogP contribution is -1.88. The molecule has 2 rings (SSSR count). The number of H-pyrrole nitrogens is 1. The second-order valence-electron chi connectivity index (χ2n) is 4.28. The SMILES string of the molecule is C=Cc1ccccc1-c1[nH]c(C=O)c(C)c1CC.